The zero-order valence-corrected chi connectivity index (χ0v) is 8.42. The molecule has 0 aliphatic carbocycles. The lowest BCUT2D eigenvalue weighted by molar-refractivity contribution is 0.584. The van der Waals surface area contributed by atoms with E-state index in [0.29, 0.717) is 5.92 Å². The Morgan fingerprint density at radius 2 is 1.79 bits per heavy atom. The first-order valence-electron chi connectivity index (χ1n) is 4.62. The highest BCUT2D eigenvalue weighted by atomic mass is 19.1. The number of benzene rings is 1. The van der Waals surface area contributed by atoms with Crippen molar-refractivity contribution in [2.45, 2.75) is 19.9 Å². The summed E-state index contributed by atoms with van der Waals surface area (Å²) in [5.41, 5.74) is 6.54. The van der Waals surface area contributed by atoms with Crippen LogP contribution in [0.2, 0.25) is 0 Å². The van der Waals surface area contributed by atoms with Crippen molar-refractivity contribution < 1.29 is 4.39 Å². The van der Waals surface area contributed by atoms with Gasteiger partial charge in [0.2, 0.25) is 0 Å². The van der Waals surface area contributed by atoms with Crippen LogP contribution in [0.3, 0.4) is 0 Å². The van der Waals surface area contributed by atoms with E-state index in [1.165, 1.54) is 12.1 Å². The summed E-state index contributed by atoms with van der Waals surface area (Å²) in [6, 6.07) is 5.96. The van der Waals surface area contributed by atoms with Crippen LogP contribution in [0, 0.1) is 23.6 Å². The van der Waals surface area contributed by atoms with Gasteiger partial charge in [-0.3, -0.25) is 0 Å². The molecule has 0 saturated heterocycles. The van der Waals surface area contributed by atoms with Crippen LogP contribution < -0.4 is 5.73 Å². The Bertz CT molecular complexity index is 343. The van der Waals surface area contributed by atoms with E-state index >= 15 is 0 Å². The molecule has 0 amide bonds. The Morgan fingerprint density at radius 1 is 1.21 bits per heavy atom. The second-order valence-electron chi connectivity index (χ2n) is 3.55. The summed E-state index contributed by atoms with van der Waals surface area (Å²) in [4.78, 5) is 0. The Hall–Kier alpha value is -1.33. The van der Waals surface area contributed by atoms with Gasteiger partial charge in [-0.15, -0.1) is 0 Å². The summed E-state index contributed by atoms with van der Waals surface area (Å²) in [6.07, 6.45) is 0. The van der Waals surface area contributed by atoms with E-state index in [1.54, 1.807) is 12.1 Å². The van der Waals surface area contributed by atoms with E-state index < -0.39 is 0 Å². The molecule has 1 nitrogen and oxygen atoms in total. The fourth-order valence-electron chi connectivity index (χ4n) is 0.867. The number of nitrogens with two attached hydrogens (primary N) is 1. The van der Waals surface area contributed by atoms with E-state index in [-0.39, 0.29) is 11.9 Å². The van der Waals surface area contributed by atoms with Crippen molar-refractivity contribution in [3.05, 3.63) is 35.6 Å². The smallest absolute Gasteiger partial charge is 0.123 e. The molecule has 1 aromatic carbocycles. The molecule has 1 aromatic rings. The fraction of sp³-hybridized carbons (Fsp3) is 0.333. The highest BCUT2D eigenvalue weighted by Crippen LogP contribution is 2.01. The Morgan fingerprint density at radius 3 is 2.29 bits per heavy atom. The lowest BCUT2D eigenvalue weighted by atomic mass is 10.1. The van der Waals surface area contributed by atoms with Crippen LogP contribution in [0.5, 0.6) is 0 Å². The van der Waals surface area contributed by atoms with E-state index in [1.807, 2.05) is 13.8 Å². The molecule has 0 fully saturated rings. The summed E-state index contributed by atoms with van der Waals surface area (Å²) in [5.74, 6) is 5.92. The van der Waals surface area contributed by atoms with E-state index in [4.69, 9.17) is 5.73 Å². The van der Waals surface area contributed by atoms with Crippen molar-refractivity contribution in [1.82, 2.24) is 0 Å². The molecule has 0 spiro atoms. The third kappa shape index (κ3) is 3.20. The zero-order chi connectivity index (χ0) is 10.6. The summed E-state index contributed by atoms with van der Waals surface area (Å²) >= 11 is 0. The average Bonchev–Trinajstić information content (AvgIpc) is 2.16. The molecule has 1 atom stereocenters. The van der Waals surface area contributed by atoms with Crippen LogP contribution >= 0.6 is 0 Å². The minimum absolute atomic E-state index is 0.125. The molecule has 0 aromatic heterocycles. The van der Waals surface area contributed by atoms with Gasteiger partial charge in [0, 0.05) is 5.56 Å². The fourth-order valence-corrected chi connectivity index (χ4v) is 0.867. The molecular formula is C12H14FN. The van der Waals surface area contributed by atoms with Gasteiger partial charge >= 0.3 is 0 Å². The van der Waals surface area contributed by atoms with Gasteiger partial charge in [0.15, 0.2) is 0 Å². The topological polar surface area (TPSA) is 26.0 Å². The van der Waals surface area contributed by atoms with E-state index in [2.05, 4.69) is 11.8 Å². The summed E-state index contributed by atoms with van der Waals surface area (Å²) in [7, 11) is 0. The lowest BCUT2D eigenvalue weighted by Crippen LogP contribution is -2.23. The van der Waals surface area contributed by atoms with Crippen molar-refractivity contribution in [2.24, 2.45) is 11.7 Å². The number of hydrogen-bond donors (Lipinski definition) is 1. The molecule has 2 heteroatoms. The van der Waals surface area contributed by atoms with E-state index in [9.17, 15) is 4.39 Å². The minimum Gasteiger partial charge on any atom is -0.317 e. The molecule has 0 bridgehead atoms. The quantitative estimate of drug-likeness (QED) is 0.676. The lowest BCUT2D eigenvalue weighted by Gasteiger charge is -2.06. The predicted octanol–water partition coefficient (Wildman–Crippen LogP) is 2.16. The molecular weight excluding hydrogens is 177 g/mol. The van der Waals surface area contributed by atoms with Gasteiger partial charge in [-0.1, -0.05) is 25.7 Å². The van der Waals surface area contributed by atoms with Gasteiger partial charge in [-0.2, -0.15) is 0 Å². The minimum atomic E-state index is -0.247. The van der Waals surface area contributed by atoms with Crippen LogP contribution in [-0.2, 0) is 0 Å². The predicted molar refractivity (Wildman–Crippen MR) is 56.1 cm³/mol. The second-order valence-corrected chi connectivity index (χ2v) is 3.55. The maximum Gasteiger partial charge on any atom is 0.123 e. The molecule has 0 aliphatic rings. The van der Waals surface area contributed by atoms with Crippen molar-refractivity contribution >= 4 is 0 Å². The molecule has 14 heavy (non-hydrogen) atoms. The standard InChI is InChI=1S/C12H14FN/c1-9(2)12(14)8-5-10-3-6-11(13)7-4-10/h3-4,6-7,9,12H,14H2,1-2H3. The largest absolute Gasteiger partial charge is 0.317 e. The molecule has 0 radical (unpaired) electrons. The first-order chi connectivity index (χ1) is 6.59. The number of rotatable bonds is 1. The van der Waals surface area contributed by atoms with Crippen LogP contribution in [0.25, 0.3) is 0 Å². The molecule has 1 rings (SSSR count). The SMILES string of the molecule is CC(C)C(N)C#Cc1ccc(F)cc1. The highest BCUT2D eigenvalue weighted by molar-refractivity contribution is 5.35. The van der Waals surface area contributed by atoms with Crippen molar-refractivity contribution in [2.75, 3.05) is 0 Å². The third-order valence-electron chi connectivity index (χ3n) is 1.95. The van der Waals surface area contributed by atoms with Crippen LogP contribution in [0.15, 0.2) is 24.3 Å². The number of halogens is 1. The average molecular weight is 191 g/mol. The van der Waals surface area contributed by atoms with Gasteiger partial charge in [0.25, 0.3) is 0 Å². The molecule has 74 valence electrons. The van der Waals surface area contributed by atoms with E-state index in [0.717, 1.165) is 5.56 Å². The van der Waals surface area contributed by atoms with Crippen LogP contribution in [-0.4, -0.2) is 6.04 Å². The van der Waals surface area contributed by atoms with Crippen molar-refractivity contribution in [3.8, 4) is 11.8 Å². The molecule has 0 heterocycles. The Labute approximate surface area is 84.1 Å². The summed E-state index contributed by atoms with van der Waals surface area (Å²) in [6.45, 7) is 4.04. The van der Waals surface area contributed by atoms with Gasteiger partial charge in [0.1, 0.15) is 5.82 Å². The Kier molecular flexibility index (Phi) is 3.67. The van der Waals surface area contributed by atoms with Gasteiger partial charge < -0.3 is 5.73 Å². The second kappa shape index (κ2) is 4.78. The first-order valence-corrected chi connectivity index (χ1v) is 4.62. The van der Waals surface area contributed by atoms with Crippen LogP contribution in [0.1, 0.15) is 19.4 Å². The third-order valence-corrected chi connectivity index (χ3v) is 1.95. The van der Waals surface area contributed by atoms with Gasteiger partial charge in [0.05, 0.1) is 6.04 Å². The number of hydrogen-bond acceptors (Lipinski definition) is 1. The summed E-state index contributed by atoms with van der Waals surface area (Å²) in [5, 5.41) is 0. The molecule has 0 saturated carbocycles. The van der Waals surface area contributed by atoms with Crippen molar-refractivity contribution in [3.63, 3.8) is 0 Å². The maximum absolute atomic E-state index is 12.5. The summed E-state index contributed by atoms with van der Waals surface area (Å²) < 4.78 is 12.5. The molecule has 1 unspecified atom stereocenters. The highest BCUT2D eigenvalue weighted by Gasteiger charge is 2.01. The van der Waals surface area contributed by atoms with Crippen molar-refractivity contribution in [1.29, 1.82) is 0 Å². The zero-order valence-electron chi connectivity index (χ0n) is 8.42. The van der Waals surface area contributed by atoms with Gasteiger partial charge in [-0.25, -0.2) is 4.39 Å². The Balaban J connectivity index is 2.73. The normalized spacial score (nSPS) is 12.1. The monoisotopic (exact) mass is 191 g/mol. The van der Waals surface area contributed by atoms with Crippen LogP contribution in [0.4, 0.5) is 4.39 Å². The first kappa shape index (κ1) is 10.7. The van der Waals surface area contributed by atoms with Gasteiger partial charge in [-0.05, 0) is 30.2 Å². The molecule has 0 aliphatic heterocycles. The maximum atomic E-state index is 12.5. The molecule has 2 N–H and O–H groups in total.